The van der Waals surface area contributed by atoms with E-state index in [1.165, 1.54) is 25.5 Å². The molecule has 2 aromatic heterocycles. The number of benzene rings is 1. The minimum atomic E-state index is -0.232. The van der Waals surface area contributed by atoms with Gasteiger partial charge in [0, 0.05) is 37.0 Å². The van der Waals surface area contributed by atoms with Crippen molar-refractivity contribution in [3.8, 4) is 17.0 Å². The summed E-state index contributed by atoms with van der Waals surface area (Å²) in [6.45, 7) is 3.96. The summed E-state index contributed by atoms with van der Waals surface area (Å²) in [5.41, 5.74) is 2.72. The predicted molar refractivity (Wildman–Crippen MR) is 134 cm³/mol. The minimum absolute atomic E-state index is 0.232. The minimum Gasteiger partial charge on any atom is -0.492 e. The Morgan fingerprint density at radius 1 is 1.20 bits per heavy atom. The number of amides is 1. The van der Waals surface area contributed by atoms with Crippen molar-refractivity contribution >= 4 is 23.3 Å². The summed E-state index contributed by atoms with van der Waals surface area (Å²) in [5, 5.41) is 11.7. The summed E-state index contributed by atoms with van der Waals surface area (Å²) in [6.07, 6.45) is 6.94. The molecule has 3 aromatic rings. The van der Waals surface area contributed by atoms with Gasteiger partial charge in [-0.05, 0) is 49.1 Å². The van der Waals surface area contributed by atoms with Gasteiger partial charge in [-0.3, -0.25) is 4.79 Å². The quantitative estimate of drug-likeness (QED) is 0.504. The third-order valence-corrected chi connectivity index (χ3v) is 6.76. The predicted octanol–water partition coefficient (Wildman–Crippen LogP) is 4.14. The Balaban J connectivity index is 1.24. The van der Waals surface area contributed by atoms with Crippen LogP contribution in [0.15, 0.2) is 48.8 Å². The average molecular weight is 494 g/mol. The van der Waals surface area contributed by atoms with Crippen molar-refractivity contribution in [1.82, 2.24) is 20.5 Å². The van der Waals surface area contributed by atoms with E-state index in [-0.39, 0.29) is 5.91 Å². The Labute approximate surface area is 209 Å². The van der Waals surface area contributed by atoms with E-state index in [0.717, 1.165) is 30.0 Å². The molecule has 0 radical (unpaired) electrons. The van der Waals surface area contributed by atoms with Crippen LogP contribution in [0.5, 0.6) is 5.75 Å². The van der Waals surface area contributed by atoms with E-state index in [1.807, 2.05) is 24.3 Å². The number of ether oxygens (including phenoxy) is 2. The molecule has 1 amide bonds. The van der Waals surface area contributed by atoms with Gasteiger partial charge in [-0.15, -0.1) is 0 Å². The third kappa shape index (κ3) is 5.71. The molecule has 0 unspecified atom stereocenters. The number of rotatable bonds is 8. The van der Waals surface area contributed by atoms with Crippen LogP contribution in [0.3, 0.4) is 0 Å². The van der Waals surface area contributed by atoms with E-state index < -0.39 is 0 Å². The van der Waals surface area contributed by atoms with Gasteiger partial charge in [0.05, 0.1) is 42.3 Å². The highest BCUT2D eigenvalue weighted by molar-refractivity contribution is 6.32. The Kier molecular flexibility index (Phi) is 7.39. The molecule has 5 rings (SSSR count). The van der Waals surface area contributed by atoms with Crippen molar-refractivity contribution in [2.75, 3.05) is 37.8 Å². The van der Waals surface area contributed by atoms with E-state index in [2.05, 4.69) is 25.4 Å². The SMILES string of the molecule is O=C(NCc1cccnc1N1CCOCC1)c1cnnc(-c2ccc(OCC3CCC3)c(Cl)c2)c1. The highest BCUT2D eigenvalue weighted by Crippen LogP contribution is 2.32. The number of carbonyl (C=O) groups excluding carboxylic acids is 1. The van der Waals surface area contributed by atoms with Gasteiger partial charge < -0.3 is 19.7 Å². The lowest BCUT2D eigenvalue weighted by molar-refractivity contribution is 0.0950. The zero-order chi connectivity index (χ0) is 24.0. The number of anilines is 1. The number of pyridine rings is 1. The lowest BCUT2D eigenvalue weighted by atomic mass is 9.86. The molecule has 2 fully saturated rings. The molecule has 182 valence electrons. The van der Waals surface area contributed by atoms with Gasteiger partial charge in [-0.25, -0.2) is 4.98 Å². The van der Waals surface area contributed by atoms with Crippen molar-refractivity contribution in [2.45, 2.75) is 25.8 Å². The fraction of sp³-hybridized carbons (Fsp3) is 0.385. The molecule has 1 aromatic carbocycles. The van der Waals surface area contributed by atoms with Crippen LogP contribution in [0.2, 0.25) is 5.02 Å². The van der Waals surface area contributed by atoms with Gasteiger partial charge in [0.2, 0.25) is 0 Å². The van der Waals surface area contributed by atoms with Gasteiger partial charge in [-0.2, -0.15) is 10.2 Å². The Morgan fingerprint density at radius 2 is 2.06 bits per heavy atom. The molecule has 0 bridgehead atoms. The highest BCUT2D eigenvalue weighted by Gasteiger charge is 2.19. The molecule has 1 saturated carbocycles. The smallest absolute Gasteiger partial charge is 0.253 e. The largest absolute Gasteiger partial charge is 0.492 e. The Hall–Kier alpha value is -3.23. The first-order valence-electron chi connectivity index (χ1n) is 12.0. The van der Waals surface area contributed by atoms with Crippen LogP contribution in [0.4, 0.5) is 5.82 Å². The van der Waals surface area contributed by atoms with E-state index >= 15 is 0 Å². The monoisotopic (exact) mass is 493 g/mol. The number of hydrogen-bond donors (Lipinski definition) is 1. The van der Waals surface area contributed by atoms with Gasteiger partial charge in [0.1, 0.15) is 11.6 Å². The molecule has 9 heteroatoms. The molecule has 1 N–H and O–H groups in total. The summed E-state index contributed by atoms with van der Waals surface area (Å²) in [6, 6.07) is 11.1. The average Bonchev–Trinajstić information content (AvgIpc) is 2.88. The molecule has 8 nitrogen and oxygen atoms in total. The van der Waals surface area contributed by atoms with Crippen molar-refractivity contribution in [1.29, 1.82) is 0 Å². The number of nitrogens with zero attached hydrogens (tertiary/aromatic N) is 4. The van der Waals surface area contributed by atoms with Crippen LogP contribution >= 0.6 is 11.6 Å². The molecule has 1 aliphatic heterocycles. The molecule has 1 saturated heterocycles. The molecule has 2 aliphatic rings. The lowest BCUT2D eigenvalue weighted by Crippen LogP contribution is -2.37. The second kappa shape index (κ2) is 11.0. The first-order chi connectivity index (χ1) is 17.2. The van der Waals surface area contributed by atoms with Crippen molar-refractivity contribution in [3.63, 3.8) is 0 Å². The molecule has 35 heavy (non-hydrogen) atoms. The summed E-state index contributed by atoms with van der Waals surface area (Å²) >= 11 is 6.45. The molecular formula is C26H28ClN5O3. The van der Waals surface area contributed by atoms with Gasteiger partial charge in [0.25, 0.3) is 5.91 Å². The fourth-order valence-electron chi connectivity index (χ4n) is 4.18. The second-order valence-corrected chi connectivity index (χ2v) is 9.26. The zero-order valence-corrected chi connectivity index (χ0v) is 20.2. The molecule has 0 spiro atoms. The van der Waals surface area contributed by atoms with E-state index in [9.17, 15) is 4.79 Å². The summed E-state index contributed by atoms with van der Waals surface area (Å²) in [4.78, 5) is 19.6. The zero-order valence-electron chi connectivity index (χ0n) is 19.5. The lowest BCUT2D eigenvalue weighted by Gasteiger charge is -2.29. The van der Waals surface area contributed by atoms with Crippen LogP contribution in [-0.2, 0) is 11.3 Å². The van der Waals surface area contributed by atoms with E-state index in [0.29, 0.717) is 54.3 Å². The fourth-order valence-corrected chi connectivity index (χ4v) is 4.42. The number of halogens is 1. The Morgan fingerprint density at radius 3 is 2.83 bits per heavy atom. The first-order valence-corrected chi connectivity index (χ1v) is 12.4. The summed E-state index contributed by atoms with van der Waals surface area (Å²) in [7, 11) is 0. The van der Waals surface area contributed by atoms with Crippen molar-refractivity contribution in [2.24, 2.45) is 5.92 Å². The maximum absolute atomic E-state index is 12.9. The van der Waals surface area contributed by atoms with E-state index in [4.69, 9.17) is 21.1 Å². The first kappa shape index (κ1) is 23.5. The number of hydrogen-bond acceptors (Lipinski definition) is 7. The van der Waals surface area contributed by atoms with E-state index in [1.54, 1.807) is 18.3 Å². The maximum atomic E-state index is 12.9. The summed E-state index contributed by atoms with van der Waals surface area (Å²) in [5.74, 6) is 1.93. The van der Waals surface area contributed by atoms with Crippen LogP contribution in [-0.4, -0.2) is 54.0 Å². The van der Waals surface area contributed by atoms with Crippen LogP contribution in [0.1, 0.15) is 35.2 Å². The molecule has 3 heterocycles. The summed E-state index contributed by atoms with van der Waals surface area (Å²) < 4.78 is 11.3. The number of aromatic nitrogens is 3. The highest BCUT2D eigenvalue weighted by atomic mass is 35.5. The van der Waals surface area contributed by atoms with Gasteiger partial charge in [0.15, 0.2) is 0 Å². The Bertz CT molecular complexity index is 1180. The van der Waals surface area contributed by atoms with Crippen molar-refractivity contribution in [3.05, 3.63) is 64.9 Å². The molecular weight excluding hydrogens is 466 g/mol. The van der Waals surface area contributed by atoms with Crippen LogP contribution in [0, 0.1) is 5.92 Å². The third-order valence-electron chi connectivity index (χ3n) is 6.46. The number of nitrogens with one attached hydrogen (secondary N) is 1. The van der Waals surface area contributed by atoms with Gasteiger partial charge >= 0.3 is 0 Å². The number of morpholine rings is 1. The van der Waals surface area contributed by atoms with Gasteiger partial charge in [-0.1, -0.05) is 24.1 Å². The molecule has 0 atom stereocenters. The topological polar surface area (TPSA) is 89.5 Å². The normalized spacial score (nSPS) is 16.0. The maximum Gasteiger partial charge on any atom is 0.253 e. The second-order valence-electron chi connectivity index (χ2n) is 8.85. The van der Waals surface area contributed by atoms with Crippen LogP contribution in [0.25, 0.3) is 11.3 Å². The van der Waals surface area contributed by atoms with Crippen molar-refractivity contribution < 1.29 is 14.3 Å². The number of carbonyl (C=O) groups is 1. The molecule has 1 aliphatic carbocycles. The standard InChI is InChI=1S/C26H28ClN5O3/c27-22-13-19(6-7-24(22)35-17-18-3-1-4-18)23-14-21(16-30-31-23)26(33)29-15-20-5-2-8-28-25(20)32-9-11-34-12-10-32/h2,5-8,13-14,16,18H,1,3-4,9-12,15,17H2,(H,29,33). The van der Waals surface area contributed by atoms with Crippen LogP contribution < -0.4 is 15.0 Å².